The number of benzene rings is 3. The Labute approximate surface area is 208 Å². The maximum atomic E-state index is 13.1. The molecule has 34 heavy (non-hydrogen) atoms. The van der Waals surface area contributed by atoms with E-state index in [4.69, 9.17) is 4.98 Å². The molecule has 0 spiro atoms. The van der Waals surface area contributed by atoms with Gasteiger partial charge in [-0.1, -0.05) is 53.2 Å². The number of rotatable bonds is 6. The van der Waals surface area contributed by atoms with Crippen molar-refractivity contribution in [1.82, 2.24) is 14.5 Å². The molecule has 1 fully saturated rings. The predicted octanol–water partition coefficient (Wildman–Crippen LogP) is 6.20. The van der Waals surface area contributed by atoms with Gasteiger partial charge in [-0.05, 0) is 73.8 Å². The minimum Gasteiger partial charge on any atom is -0.326 e. The molecule has 174 valence electrons. The molecule has 1 aliphatic heterocycles. The highest BCUT2D eigenvalue weighted by molar-refractivity contribution is 9.10. The van der Waals surface area contributed by atoms with E-state index >= 15 is 0 Å². The maximum absolute atomic E-state index is 13.1. The first-order chi connectivity index (χ1) is 16.6. The third-order valence-corrected chi connectivity index (χ3v) is 7.14. The highest BCUT2D eigenvalue weighted by Gasteiger charge is 2.27. The van der Waals surface area contributed by atoms with E-state index in [1.54, 1.807) is 0 Å². The molecule has 1 saturated heterocycles. The summed E-state index contributed by atoms with van der Waals surface area (Å²) in [5.74, 6) is 1.09. The summed E-state index contributed by atoms with van der Waals surface area (Å²) in [5.41, 5.74) is 5.29. The van der Waals surface area contributed by atoms with E-state index in [-0.39, 0.29) is 11.8 Å². The predicted molar refractivity (Wildman–Crippen MR) is 141 cm³/mol. The number of amides is 1. The molecule has 1 aromatic heterocycles. The fraction of sp³-hybridized carbons (Fsp3) is 0.286. The van der Waals surface area contributed by atoms with Gasteiger partial charge in [-0.15, -0.1) is 0 Å². The summed E-state index contributed by atoms with van der Waals surface area (Å²) in [5, 5.41) is 3.19. The van der Waals surface area contributed by atoms with Gasteiger partial charge in [0.1, 0.15) is 5.82 Å². The number of likely N-dealkylation sites (tertiary alicyclic amines) is 1. The minimum absolute atomic E-state index is 0.0239. The number of aromatic nitrogens is 2. The smallest absolute Gasteiger partial charge is 0.228 e. The van der Waals surface area contributed by atoms with Crippen LogP contribution < -0.4 is 5.32 Å². The molecule has 0 radical (unpaired) electrons. The van der Waals surface area contributed by atoms with Crippen molar-refractivity contribution in [2.75, 3.05) is 18.4 Å². The molecule has 1 atom stereocenters. The van der Waals surface area contributed by atoms with E-state index in [1.165, 1.54) is 5.56 Å². The molecule has 1 amide bonds. The van der Waals surface area contributed by atoms with Crippen molar-refractivity contribution in [3.8, 4) is 5.69 Å². The van der Waals surface area contributed by atoms with Crippen molar-refractivity contribution in [2.24, 2.45) is 5.92 Å². The molecule has 2 heterocycles. The number of halogens is 1. The Kier molecular flexibility index (Phi) is 6.79. The van der Waals surface area contributed by atoms with Gasteiger partial charge in [0.25, 0.3) is 0 Å². The summed E-state index contributed by atoms with van der Waals surface area (Å²) in [6.45, 7) is 4.54. The van der Waals surface area contributed by atoms with Crippen LogP contribution in [0, 0.1) is 5.92 Å². The number of anilines is 1. The molecular weight excluding hydrogens is 488 g/mol. The average Bonchev–Trinajstić information content (AvgIpc) is 3.23. The van der Waals surface area contributed by atoms with Gasteiger partial charge in [0.05, 0.1) is 23.5 Å². The summed E-state index contributed by atoms with van der Waals surface area (Å²) < 4.78 is 3.29. The van der Waals surface area contributed by atoms with Crippen LogP contribution >= 0.6 is 15.9 Å². The van der Waals surface area contributed by atoms with E-state index in [1.807, 2.05) is 24.3 Å². The summed E-state index contributed by atoms with van der Waals surface area (Å²) in [6.07, 6.45) is 2.82. The second-order valence-corrected chi connectivity index (χ2v) is 9.82. The summed E-state index contributed by atoms with van der Waals surface area (Å²) in [4.78, 5) is 20.5. The summed E-state index contributed by atoms with van der Waals surface area (Å²) in [7, 11) is 0. The van der Waals surface area contributed by atoms with Crippen molar-refractivity contribution in [1.29, 1.82) is 0 Å². The van der Waals surface area contributed by atoms with Crippen LogP contribution in [-0.4, -0.2) is 33.4 Å². The van der Waals surface area contributed by atoms with E-state index < -0.39 is 0 Å². The van der Waals surface area contributed by atoms with Crippen LogP contribution in [0.3, 0.4) is 0 Å². The molecule has 0 saturated carbocycles. The maximum Gasteiger partial charge on any atom is 0.228 e. The van der Waals surface area contributed by atoms with Crippen LogP contribution in [0.4, 0.5) is 5.69 Å². The first-order valence-electron chi connectivity index (χ1n) is 12.0. The Bertz CT molecular complexity index is 1300. The fourth-order valence-electron chi connectivity index (χ4n) is 4.86. The van der Waals surface area contributed by atoms with Crippen LogP contribution in [0.2, 0.25) is 0 Å². The van der Waals surface area contributed by atoms with Gasteiger partial charge >= 0.3 is 0 Å². The van der Waals surface area contributed by atoms with E-state index in [0.717, 1.165) is 65.1 Å². The van der Waals surface area contributed by atoms with E-state index in [0.29, 0.717) is 6.54 Å². The van der Waals surface area contributed by atoms with Crippen LogP contribution in [0.1, 0.15) is 31.2 Å². The number of piperidine rings is 1. The van der Waals surface area contributed by atoms with Gasteiger partial charge in [-0.3, -0.25) is 14.3 Å². The van der Waals surface area contributed by atoms with Crippen molar-refractivity contribution >= 4 is 38.6 Å². The number of para-hydroxylation sites is 3. The highest BCUT2D eigenvalue weighted by Crippen LogP contribution is 2.26. The van der Waals surface area contributed by atoms with Gasteiger partial charge < -0.3 is 5.32 Å². The molecule has 0 aliphatic carbocycles. The molecule has 0 unspecified atom stereocenters. The zero-order valence-electron chi connectivity index (χ0n) is 19.4. The second kappa shape index (κ2) is 10.1. The lowest BCUT2D eigenvalue weighted by atomic mass is 9.96. The number of hydrogen-bond acceptors (Lipinski definition) is 3. The summed E-state index contributed by atoms with van der Waals surface area (Å²) in [6, 6.07) is 24.7. The monoisotopic (exact) mass is 516 g/mol. The number of hydrogen-bond donors (Lipinski definition) is 1. The number of aryl methyl sites for hydroxylation is 1. The van der Waals surface area contributed by atoms with Crippen LogP contribution in [-0.2, 0) is 17.8 Å². The average molecular weight is 517 g/mol. The van der Waals surface area contributed by atoms with Crippen molar-refractivity contribution in [2.45, 2.75) is 32.7 Å². The number of carbonyl (C=O) groups excluding carboxylic acids is 1. The Hall–Kier alpha value is -2.96. The molecule has 5 nitrogen and oxygen atoms in total. The third-order valence-electron chi connectivity index (χ3n) is 6.61. The van der Waals surface area contributed by atoms with Gasteiger partial charge in [0.15, 0.2) is 0 Å². The largest absolute Gasteiger partial charge is 0.326 e. The molecule has 1 N–H and O–H groups in total. The molecule has 1 aliphatic rings. The van der Waals surface area contributed by atoms with Crippen LogP contribution in [0.15, 0.2) is 77.3 Å². The normalized spacial score (nSPS) is 16.6. The van der Waals surface area contributed by atoms with Gasteiger partial charge in [-0.2, -0.15) is 0 Å². The molecule has 3 aromatic carbocycles. The Morgan fingerprint density at radius 2 is 1.82 bits per heavy atom. The molecule has 4 aromatic rings. The van der Waals surface area contributed by atoms with Crippen molar-refractivity contribution in [3.05, 3.63) is 88.7 Å². The first-order valence-corrected chi connectivity index (χ1v) is 12.7. The lowest BCUT2D eigenvalue weighted by molar-refractivity contribution is -0.121. The van der Waals surface area contributed by atoms with Crippen molar-refractivity contribution in [3.63, 3.8) is 0 Å². The SMILES string of the molecule is CCc1ccccc1NC(=O)[C@@H]1CCCN(Cc2nc3ccccc3n2-c2ccc(Br)cc2)C1. The second-order valence-electron chi connectivity index (χ2n) is 8.90. The minimum atomic E-state index is -0.0239. The van der Waals surface area contributed by atoms with Crippen molar-refractivity contribution < 1.29 is 4.79 Å². The quantitative estimate of drug-likeness (QED) is 0.331. The Morgan fingerprint density at radius 3 is 2.65 bits per heavy atom. The third kappa shape index (κ3) is 4.79. The van der Waals surface area contributed by atoms with Crippen LogP contribution in [0.25, 0.3) is 16.7 Å². The lowest BCUT2D eigenvalue weighted by Gasteiger charge is -2.32. The number of nitrogens with zero attached hydrogens (tertiary/aromatic N) is 3. The first kappa shape index (κ1) is 22.8. The van der Waals surface area contributed by atoms with Crippen LogP contribution in [0.5, 0.6) is 0 Å². The number of fused-ring (bicyclic) bond motifs is 1. The molecule has 5 rings (SSSR count). The number of imidazole rings is 1. The topological polar surface area (TPSA) is 50.2 Å². The van der Waals surface area contributed by atoms with E-state index in [2.05, 4.69) is 86.2 Å². The lowest BCUT2D eigenvalue weighted by Crippen LogP contribution is -2.40. The Morgan fingerprint density at radius 1 is 1.06 bits per heavy atom. The number of nitrogens with one attached hydrogen (secondary N) is 1. The molecule has 0 bridgehead atoms. The van der Waals surface area contributed by atoms with Gasteiger partial charge in [0.2, 0.25) is 5.91 Å². The van der Waals surface area contributed by atoms with E-state index in [9.17, 15) is 4.79 Å². The standard InChI is InChI=1S/C28H29BrN4O/c1-2-20-8-3-4-10-24(20)31-28(34)21-9-7-17-32(18-21)19-27-30-25-11-5-6-12-26(25)33(27)23-15-13-22(29)14-16-23/h3-6,8,10-16,21H,2,7,9,17-19H2,1H3,(H,31,34)/t21-/m1/s1. The zero-order chi connectivity index (χ0) is 23.5. The van der Waals surface area contributed by atoms with Gasteiger partial charge in [-0.25, -0.2) is 4.98 Å². The fourth-order valence-corrected chi connectivity index (χ4v) is 5.12. The van der Waals surface area contributed by atoms with Gasteiger partial charge in [0, 0.05) is 22.4 Å². The number of carbonyl (C=O) groups is 1. The summed E-state index contributed by atoms with van der Waals surface area (Å²) >= 11 is 3.54. The molecule has 6 heteroatoms. The zero-order valence-corrected chi connectivity index (χ0v) is 21.0. The molecular formula is C28H29BrN4O. The Balaban J connectivity index is 1.36. The highest BCUT2D eigenvalue weighted by atomic mass is 79.9.